The van der Waals surface area contributed by atoms with Crippen LogP contribution in [0.2, 0.25) is 0 Å². The lowest BCUT2D eigenvalue weighted by Gasteiger charge is -2.20. The lowest BCUT2D eigenvalue weighted by atomic mass is 10.2. The fourth-order valence-electron chi connectivity index (χ4n) is 2.70. The largest absolute Gasteiger partial charge is 0.347 e. The monoisotopic (exact) mass is 274 g/mol. The second kappa shape index (κ2) is 5.48. The molecule has 1 aliphatic carbocycles. The SMILES string of the molecule is CC(C)N1CC[C@H](NC(=O)c2cncc(C3CC3)n2)C1. The van der Waals surface area contributed by atoms with Crippen molar-refractivity contribution < 1.29 is 4.79 Å². The predicted octanol–water partition coefficient (Wildman–Crippen LogP) is 1.57. The van der Waals surface area contributed by atoms with Gasteiger partial charge in [-0.15, -0.1) is 0 Å². The number of carbonyl (C=O) groups excluding carboxylic acids is 1. The molecule has 2 heterocycles. The minimum absolute atomic E-state index is 0.0874. The molecular weight excluding hydrogens is 252 g/mol. The van der Waals surface area contributed by atoms with Gasteiger partial charge in [-0.05, 0) is 33.1 Å². The lowest BCUT2D eigenvalue weighted by molar-refractivity contribution is 0.0931. The van der Waals surface area contributed by atoms with Gasteiger partial charge in [0.2, 0.25) is 0 Å². The molecular formula is C15H22N4O. The Morgan fingerprint density at radius 2 is 2.15 bits per heavy atom. The van der Waals surface area contributed by atoms with E-state index in [0.717, 1.165) is 25.2 Å². The molecule has 5 nitrogen and oxygen atoms in total. The summed E-state index contributed by atoms with van der Waals surface area (Å²) in [6.07, 6.45) is 6.71. The second-order valence-corrected chi connectivity index (χ2v) is 6.15. The smallest absolute Gasteiger partial charge is 0.271 e. The molecule has 3 rings (SSSR count). The Hall–Kier alpha value is -1.49. The van der Waals surface area contributed by atoms with Gasteiger partial charge in [-0.1, -0.05) is 0 Å². The van der Waals surface area contributed by atoms with Gasteiger partial charge in [0.15, 0.2) is 0 Å². The zero-order chi connectivity index (χ0) is 14.1. The van der Waals surface area contributed by atoms with Gasteiger partial charge in [-0.2, -0.15) is 0 Å². The molecule has 1 atom stereocenters. The van der Waals surface area contributed by atoms with E-state index in [1.807, 2.05) is 0 Å². The maximum absolute atomic E-state index is 12.2. The van der Waals surface area contributed by atoms with Crippen LogP contribution in [0.5, 0.6) is 0 Å². The van der Waals surface area contributed by atoms with Crippen molar-refractivity contribution in [1.29, 1.82) is 0 Å². The molecule has 20 heavy (non-hydrogen) atoms. The van der Waals surface area contributed by atoms with Crippen LogP contribution in [-0.4, -0.2) is 45.9 Å². The Balaban J connectivity index is 1.60. The van der Waals surface area contributed by atoms with Crippen LogP contribution < -0.4 is 5.32 Å². The molecule has 108 valence electrons. The molecule has 0 unspecified atom stereocenters. The van der Waals surface area contributed by atoms with Crippen molar-refractivity contribution in [3.63, 3.8) is 0 Å². The number of hydrogen-bond acceptors (Lipinski definition) is 4. The molecule has 0 bridgehead atoms. The Labute approximate surface area is 119 Å². The van der Waals surface area contributed by atoms with Crippen LogP contribution in [-0.2, 0) is 0 Å². The van der Waals surface area contributed by atoms with Gasteiger partial charge in [0, 0.05) is 37.3 Å². The molecule has 1 amide bonds. The van der Waals surface area contributed by atoms with Crippen LogP contribution in [0, 0.1) is 0 Å². The first-order chi connectivity index (χ1) is 9.63. The van der Waals surface area contributed by atoms with Crippen molar-refractivity contribution >= 4 is 5.91 Å². The highest BCUT2D eigenvalue weighted by molar-refractivity contribution is 5.92. The van der Waals surface area contributed by atoms with E-state index in [-0.39, 0.29) is 11.9 Å². The summed E-state index contributed by atoms with van der Waals surface area (Å²) in [5.41, 5.74) is 1.42. The van der Waals surface area contributed by atoms with E-state index in [1.165, 1.54) is 12.8 Å². The summed E-state index contributed by atoms with van der Waals surface area (Å²) >= 11 is 0. The summed E-state index contributed by atoms with van der Waals surface area (Å²) in [6.45, 7) is 6.36. The average Bonchev–Trinajstić information content (AvgIpc) is 3.19. The first kappa shape index (κ1) is 13.5. The van der Waals surface area contributed by atoms with E-state index in [1.54, 1.807) is 12.4 Å². The van der Waals surface area contributed by atoms with E-state index < -0.39 is 0 Å². The average molecular weight is 274 g/mol. The number of hydrogen-bond donors (Lipinski definition) is 1. The Bertz CT molecular complexity index is 498. The number of amides is 1. The molecule has 0 radical (unpaired) electrons. The van der Waals surface area contributed by atoms with Crippen molar-refractivity contribution in [1.82, 2.24) is 20.2 Å². The molecule has 1 N–H and O–H groups in total. The van der Waals surface area contributed by atoms with Gasteiger partial charge in [0.25, 0.3) is 5.91 Å². The quantitative estimate of drug-likeness (QED) is 0.905. The summed E-state index contributed by atoms with van der Waals surface area (Å²) in [5.74, 6) is 0.439. The normalized spacial score (nSPS) is 23.2. The summed E-state index contributed by atoms with van der Waals surface area (Å²) in [6, 6.07) is 0.770. The van der Waals surface area contributed by atoms with E-state index in [0.29, 0.717) is 17.7 Å². The number of rotatable bonds is 4. The minimum atomic E-state index is -0.0874. The third-order valence-electron chi connectivity index (χ3n) is 4.17. The number of nitrogens with one attached hydrogen (secondary N) is 1. The molecule has 1 saturated heterocycles. The highest BCUT2D eigenvalue weighted by atomic mass is 16.2. The molecule has 2 aliphatic rings. The topological polar surface area (TPSA) is 58.1 Å². The maximum atomic E-state index is 12.2. The molecule has 1 aromatic rings. The summed E-state index contributed by atoms with van der Waals surface area (Å²) in [7, 11) is 0. The van der Waals surface area contributed by atoms with Crippen LogP contribution in [0.1, 0.15) is 55.2 Å². The number of carbonyl (C=O) groups is 1. The van der Waals surface area contributed by atoms with E-state index in [2.05, 4.69) is 34.0 Å². The lowest BCUT2D eigenvalue weighted by Crippen LogP contribution is -2.38. The number of aromatic nitrogens is 2. The van der Waals surface area contributed by atoms with Crippen molar-refractivity contribution in [2.24, 2.45) is 0 Å². The van der Waals surface area contributed by atoms with Crippen LogP contribution in [0.4, 0.5) is 0 Å². The van der Waals surface area contributed by atoms with Gasteiger partial charge in [-0.3, -0.25) is 14.7 Å². The van der Waals surface area contributed by atoms with E-state index >= 15 is 0 Å². The molecule has 2 fully saturated rings. The molecule has 5 heteroatoms. The van der Waals surface area contributed by atoms with Gasteiger partial charge >= 0.3 is 0 Å². The number of likely N-dealkylation sites (tertiary alicyclic amines) is 1. The first-order valence-electron chi connectivity index (χ1n) is 7.50. The van der Waals surface area contributed by atoms with Crippen LogP contribution in [0.3, 0.4) is 0 Å². The minimum Gasteiger partial charge on any atom is -0.347 e. The fraction of sp³-hybridized carbons (Fsp3) is 0.667. The fourth-order valence-corrected chi connectivity index (χ4v) is 2.70. The Kier molecular flexibility index (Phi) is 3.70. The zero-order valence-electron chi connectivity index (χ0n) is 12.2. The zero-order valence-corrected chi connectivity index (χ0v) is 12.2. The third kappa shape index (κ3) is 2.98. The predicted molar refractivity (Wildman–Crippen MR) is 76.6 cm³/mol. The second-order valence-electron chi connectivity index (χ2n) is 6.15. The van der Waals surface area contributed by atoms with Crippen molar-refractivity contribution in [2.75, 3.05) is 13.1 Å². The van der Waals surface area contributed by atoms with Gasteiger partial charge in [-0.25, -0.2) is 4.98 Å². The highest BCUT2D eigenvalue weighted by Gasteiger charge is 2.28. The Morgan fingerprint density at radius 1 is 1.35 bits per heavy atom. The van der Waals surface area contributed by atoms with Crippen molar-refractivity contribution in [3.05, 3.63) is 23.8 Å². The van der Waals surface area contributed by atoms with Crippen molar-refractivity contribution in [2.45, 2.75) is 51.1 Å². The summed E-state index contributed by atoms with van der Waals surface area (Å²) in [5, 5.41) is 3.08. The molecule has 1 aromatic heterocycles. The van der Waals surface area contributed by atoms with Gasteiger partial charge in [0.1, 0.15) is 5.69 Å². The van der Waals surface area contributed by atoms with E-state index in [9.17, 15) is 4.79 Å². The van der Waals surface area contributed by atoms with E-state index in [4.69, 9.17) is 0 Å². The van der Waals surface area contributed by atoms with Gasteiger partial charge in [0.05, 0.1) is 11.9 Å². The van der Waals surface area contributed by atoms with Crippen molar-refractivity contribution in [3.8, 4) is 0 Å². The van der Waals surface area contributed by atoms with Crippen LogP contribution in [0.15, 0.2) is 12.4 Å². The number of nitrogens with zero attached hydrogens (tertiary/aromatic N) is 3. The maximum Gasteiger partial charge on any atom is 0.271 e. The highest BCUT2D eigenvalue weighted by Crippen LogP contribution is 2.38. The molecule has 0 aromatic carbocycles. The standard InChI is InChI=1S/C15H22N4O/c1-10(2)19-6-5-12(9-19)17-15(20)14-8-16-7-13(18-14)11-3-4-11/h7-8,10-12H,3-6,9H2,1-2H3,(H,17,20)/t12-/m0/s1. The molecule has 1 saturated carbocycles. The van der Waals surface area contributed by atoms with Gasteiger partial charge < -0.3 is 5.32 Å². The third-order valence-corrected chi connectivity index (χ3v) is 4.17. The summed E-state index contributed by atoms with van der Waals surface area (Å²) in [4.78, 5) is 23.2. The summed E-state index contributed by atoms with van der Waals surface area (Å²) < 4.78 is 0. The first-order valence-corrected chi connectivity index (χ1v) is 7.50. The van der Waals surface area contributed by atoms with Crippen LogP contribution >= 0.6 is 0 Å². The Morgan fingerprint density at radius 3 is 2.80 bits per heavy atom. The molecule has 1 aliphatic heterocycles. The molecule has 0 spiro atoms. The van der Waals surface area contributed by atoms with Crippen LogP contribution in [0.25, 0.3) is 0 Å².